The summed E-state index contributed by atoms with van der Waals surface area (Å²) in [6.45, 7) is 6.59. The predicted octanol–water partition coefficient (Wildman–Crippen LogP) is 2.68. The van der Waals surface area contributed by atoms with E-state index in [0.717, 1.165) is 17.8 Å². The van der Waals surface area contributed by atoms with E-state index in [4.69, 9.17) is 4.52 Å². The van der Waals surface area contributed by atoms with Crippen molar-refractivity contribution in [1.29, 1.82) is 0 Å². The number of aromatic nitrogens is 2. The molecule has 3 heterocycles. The van der Waals surface area contributed by atoms with Crippen molar-refractivity contribution < 1.29 is 17.7 Å². The highest BCUT2D eigenvalue weighted by atomic mass is 32.2. The molecule has 1 atom stereocenters. The second-order valence-electron chi connectivity index (χ2n) is 7.02. The highest BCUT2D eigenvalue weighted by molar-refractivity contribution is 7.91. The minimum Gasteiger partial charge on any atom is -0.353 e. The van der Waals surface area contributed by atoms with Gasteiger partial charge >= 0.3 is 0 Å². The Morgan fingerprint density at radius 3 is 2.71 bits per heavy atom. The van der Waals surface area contributed by atoms with E-state index in [0.29, 0.717) is 49.6 Å². The van der Waals surface area contributed by atoms with Gasteiger partial charge in [-0.3, -0.25) is 4.79 Å². The van der Waals surface area contributed by atoms with Crippen molar-refractivity contribution >= 4 is 27.3 Å². The molecule has 2 aromatic rings. The van der Waals surface area contributed by atoms with Crippen LogP contribution < -0.4 is 5.32 Å². The highest BCUT2D eigenvalue weighted by Crippen LogP contribution is 2.31. The maximum Gasteiger partial charge on any atom is 0.252 e. The van der Waals surface area contributed by atoms with E-state index < -0.39 is 10.0 Å². The molecule has 0 aromatic carbocycles. The van der Waals surface area contributed by atoms with Crippen LogP contribution in [0, 0.1) is 5.92 Å². The third kappa shape index (κ3) is 4.44. The van der Waals surface area contributed by atoms with Crippen molar-refractivity contribution in [3.8, 4) is 11.4 Å². The van der Waals surface area contributed by atoms with Crippen LogP contribution in [0.4, 0.5) is 0 Å². The lowest BCUT2D eigenvalue weighted by Crippen LogP contribution is -2.44. The Morgan fingerprint density at radius 1 is 1.39 bits per heavy atom. The summed E-state index contributed by atoms with van der Waals surface area (Å²) in [5, 5.41) is 8.60. The largest absolute Gasteiger partial charge is 0.353 e. The molecule has 3 rings (SSSR count). The van der Waals surface area contributed by atoms with E-state index in [-0.39, 0.29) is 22.1 Å². The van der Waals surface area contributed by atoms with Crippen molar-refractivity contribution in [3.63, 3.8) is 0 Å². The van der Waals surface area contributed by atoms with Gasteiger partial charge in [-0.1, -0.05) is 19.0 Å². The standard InChI is InChI=1S/C18H26N4O4S2/c1-4-12(3)19-18(23)13-6-8-22(9-7-13)28(24,25)16-10-14(11-27-16)17-20-15(5-2)26-21-17/h10-13H,4-9H2,1-3H3,(H,19,23)/t12-/m1/s1. The van der Waals surface area contributed by atoms with Gasteiger partial charge in [0.1, 0.15) is 4.21 Å². The van der Waals surface area contributed by atoms with Crippen molar-refractivity contribution in [1.82, 2.24) is 19.8 Å². The monoisotopic (exact) mass is 426 g/mol. The average Bonchev–Trinajstić information content (AvgIpc) is 3.37. The number of nitrogens with zero attached hydrogens (tertiary/aromatic N) is 3. The lowest BCUT2D eigenvalue weighted by Gasteiger charge is -2.30. The van der Waals surface area contributed by atoms with Gasteiger partial charge in [0.25, 0.3) is 10.0 Å². The molecule has 1 saturated heterocycles. The lowest BCUT2D eigenvalue weighted by atomic mass is 9.97. The third-order valence-corrected chi connectivity index (χ3v) is 8.34. The Hall–Kier alpha value is -1.78. The molecule has 0 aliphatic carbocycles. The highest BCUT2D eigenvalue weighted by Gasteiger charge is 2.33. The van der Waals surface area contributed by atoms with E-state index >= 15 is 0 Å². The Morgan fingerprint density at radius 2 is 2.11 bits per heavy atom. The smallest absolute Gasteiger partial charge is 0.252 e. The van der Waals surface area contributed by atoms with E-state index in [1.807, 2.05) is 20.8 Å². The minimum absolute atomic E-state index is 0.0219. The molecule has 154 valence electrons. The maximum absolute atomic E-state index is 13.0. The van der Waals surface area contributed by atoms with Crippen LogP contribution in [0.3, 0.4) is 0 Å². The van der Waals surface area contributed by atoms with Crippen LogP contribution in [-0.4, -0.2) is 47.9 Å². The van der Waals surface area contributed by atoms with Gasteiger partial charge in [-0.15, -0.1) is 11.3 Å². The molecule has 1 fully saturated rings. The zero-order chi connectivity index (χ0) is 20.3. The number of piperidine rings is 1. The number of sulfonamides is 1. The van der Waals surface area contributed by atoms with E-state index in [9.17, 15) is 13.2 Å². The predicted molar refractivity (Wildman–Crippen MR) is 106 cm³/mol. The van der Waals surface area contributed by atoms with Crippen LogP contribution in [0.15, 0.2) is 20.2 Å². The van der Waals surface area contributed by atoms with Crippen molar-refractivity contribution in [2.24, 2.45) is 5.92 Å². The molecule has 8 nitrogen and oxygen atoms in total. The Balaban J connectivity index is 1.65. The first-order valence-corrected chi connectivity index (χ1v) is 11.9. The van der Waals surface area contributed by atoms with Crippen molar-refractivity contribution in [2.45, 2.75) is 56.7 Å². The number of rotatable bonds is 7. The SMILES string of the molecule is CCc1nc(-c2csc(S(=O)(=O)N3CCC(C(=O)N[C@H](C)CC)CC3)c2)no1. The number of hydrogen-bond acceptors (Lipinski definition) is 7. The Labute approximate surface area is 169 Å². The van der Waals surface area contributed by atoms with Gasteiger partial charge in [0, 0.05) is 42.4 Å². The summed E-state index contributed by atoms with van der Waals surface area (Å²) < 4.78 is 32.7. The molecule has 0 spiro atoms. The molecule has 2 aromatic heterocycles. The summed E-state index contributed by atoms with van der Waals surface area (Å²) in [5.74, 6) is 0.804. The van der Waals surface area contributed by atoms with Crippen LogP contribution in [0.5, 0.6) is 0 Å². The van der Waals surface area contributed by atoms with Gasteiger partial charge in [0.15, 0.2) is 0 Å². The minimum atomic E-state index is -3.59. The second kappa shape index (κ2) is 8.71. The average molecular weight is 427 g/mol. The van der Waals surface area contributed by atoms with E-state index in [2.05, 4.69) is 15.5 Å². The van der Waals surface area contributed by atoms with Crippen molar-refractivity contribution in [3.05, 3.63) is 17.3 Å². The molecule has 1 N–H and O–H groups in total. The van der Waals surface area contributed by atoms with Crippen LogP contribution in [-0.2, 0) is 21.2 Å². The molecule has 1 aliphatic heterocycles. The summed E-state index contributed by atoms with van der Waals surface area (Å²) >= 11 is 1.15. The summed E-state index contributed by atoms with van der Waals surface area (Å²) in [6, 6.07) is 1.73. The van der Waals surface area contributed by atoms with Crippen LogP contribution in [0.1, 0.15) is 45.9 Å². The summed E-state index contributed by atoms with van der Waals surface area (Å²) in [4.78, 5) is 16.5. The first-order valence-electron chi connectivity index (χ1n) is 9.57. The number of amides is 1. The molecule has 0 radical (unpaired) electrons. The Kier molecular flexibility index (Phi) is 6.51. The zero-order valence-electron chi connectivity index (χ0n) is 16.3. The molecular formula is C18H26N4O4S2. The van der Waals surface area contributed by atoms with Crippen LogP contribution in [0.25, 0.3) is 11.4 Å². The first kappa shape index (κ1) is 20.9. The van der Waals surface area contributed by atoms with Gasteiger partial charge in [0.2, 0.25) is 17.6 Å². The fourth-order valence-electron chi connectivity index (χ4n) is 3.03. The fourth-order valence-corrected chi connectivity index (χ4v) is 5.81. The number of carbonyl (C=O) groups is 1. The Bertz CT molecular complexity index is 914. The molecule has 0 saturated carbocycles. The molecule has 1 aliphatic rings. The molecule has 10 heteroatoms. The van der Waals surface area contributed by atoms with Crippen LogP contribution in [0.2, 0.25) is 0 Å². The van der Waals surface area contributed by atoms with Crippen LogP contribution >= 0.6 is 11.3 Å². The molecule has 0 unspecified atom stereocenters. The zero-order valence-corrected chi connectivity index (χ0v) is 18.0. The van der Waals surface area contributed by atoms with Gasteiger partial charge < -0.3 is 9.84 Å². The van der Waals surface area contributed by atoms with E-state index in [1.165, 1.54) is 4.31 Å². The van der Waals surface area contributed by atoms with Crippen molar-refractivity contribution in [2.75, 3.05) is 13.1 Å². The normalized spacial score (nSPS) is 17.5. The summed E-state index contributed by atoms with van der Waals surface area (Å²) in [7, 11) is -3.59. The summed E-state index contributed by atoms with van der Waals surface area (Å²) in [5.41, 5.74) is 0.634. The number of aryl methyl sites for hydroxylation is 1. The molecular weight excluding hydrogens is 400 g/mol. The van der Waals surface area contributed by atoms with Gasteiger partial charge in [-0.25, -0.2) is 8.42 Å². The van der Waals surface area contributed by atoms with Gasteiger partial charge in [-0.05, 0) is 32.3 Å². The second-order valence-corrected chi connectivity index (χ2v) is 10.1. The fraction of sp³-hybridized carbons (Fsp3) is 0.611. The molecule has 0 bridgehead atoms. The van der Waals surface area contributed by atoms with Gasteiger partial charge in [-0.2, -0.15) is 9.29 Å². The number of hydrogen-bond donors (Lipinski definition) is 1. The maximum atomic E-state index is 13.0. The molecule has 28 heavy (non-hydrogen) atoms. The third-order valence-electron chi connectivity index (χ3n) is 5.02. The van der Waals surface area contributed by atoms with E-state index in [1.54, 1.807) is 11.4 Å². The first-order chi connectivity index (χ1) is 13.3. The molecule has 1 amide bonds. The lowest BCUT2D eigenvalue weighted by molar-refractivity contribution is -0.126. The summed E-state index contributed by atoms with van der Waals surface area (Å²) in [6.07, 6.45) is 2.57. The van der Waals surface area contributed by atoms with Gasteiger partial charge in [0.05, 0.1) is 0 Å². The number of thiophene rings is 1. The number of nitrogens with one attached hydrogen (secondary N) is 1. The quantitative estimate of drug-likeness (QED) is 0.730. The number of carbonyl (C=O) groups excluding carboxylic acids is 1. The topological polar surface area (TPSA) is 105 Å².